The second-order valence-electron chi connectivity index (χ2n) is 5.59. The van der Waals surface area contributed by atoms with Crippen LogP contribution in [0.2, 0.25) is 0 Å². The van der Waals surface area contributed by atoms with Gasteiger partial charge in [-0.05, 0) is 24.3 Å². The molecule has 0 saturated carbocycles. The van der Waals surface area contributed by atoms with E-state index in [1.165, 1.54) is 0 Å². The maximum absolute atomic E-state index is 6.16. The lowest BCUT2D eigenvalue weighted by atomic mass is 10.0. The van der Waals surface area contributed by atoms with Crippen LogP contribution in [-0.2, 0) is 12.8 Å². The van der Waals surface area contributed by atoms with E-state index in [1.54, 1.807) is 0 Å². The summed E-state index contributed by atoms with van der Waals surface area (Å²) in [5.41, 5.74) is 7.30. The highest BCUT2D eigenvalue weighted by Crippen LogP contribution is 2.16. The van der Waals surface area contributed by atoms with Crippen LogP contribution in [0.3, 0.4) is 0 Å². The first-order valence-electron chi connectivity index (χ1n) is 7.27. The van der Waals surface area contributed by atoms with Gasteiger partial charge in [0.15, 0.2) is 5.82 Å². The Labute approximate surface area is 120 Å². The summed E-state index contributed by atoms with van der Waals surface area (Å²) in [6.07, 6.45) is 3.51. The molecular weight excluding hydrogens is 250 g/mol. The number of aryl methyl sites for hydroxylation is 2. The van der Waals surface area contributed by atoms with Crippen molar-refractivity contribution in [1.29, 1.82) is 0 Å². The van der Waals surface area contributed by atoms with Crippen molar-refractivity contribution < 1.29 is 4.52 Å². The number of nitrogens with two attached hydrogens (primary N) is 1. The molecule has 1 aromatic carbocycles. The molecule has 1 heterocycles. The van der Waals surface area contributed by atoms with Gasteiger partial charge in [-0.2, -0.15) is 4.98 Å². The van der Waals surface area contributed by atoms with Crippen molar-refractivity contribution in [3.63, 3.8) is 0 Å². The third kappa shape index (κ3) is 4.46. The van der Waals surface area contributed by atoms with E-state index in [0.29, 0.717) is 11.8 Å². The van der Waals surface area contributed by atoms with Crippen molar-refractivity contribution in [1.82, 2.24) is 10.1 Å². The highest BCUT2D eigenvalue weighted by molar-refractivity contribution is 5.18. The zero-order valence-electron chi connectivity index (χ0n) is 12.2. The van der Waals surface area contributed by atoms with Crippen LogP contribution in [0.25, 0.3) is 0 Å². The Balaban J connectivity index is 1.82. The lowest BCUT2D eigenvalue weighted by Crippen LogP contribution is -2.11. The molecule has 2 aromatic rings. The first-order valence-corrected chi connectivity index (χ1v) is 7.27. The zero-order valence-corrected chi connectivity index (χ0v) is 12.2. The summed E-state index contributed by atoms with van der Waals surface area (Å²) < 4.78 is 5.27. The monoisotopic (exact) mass is 273 g/mol. The fourth-order valence-corrected chi connectivity index (χ4v) is 2.06. The van der Waals surface area contributed by atoms with Crippen molar-refractivity contribution in [2.75, 3.05) is 0 Å². The average Bonchev–Trinajstić information content (AvgIpc) is 2.91. The summed E-state index contributed by atoms with van der Waals surface area (Å²) in [7, 11) is 0. The highest BCUT2D eigenvalue weighted by Gasteiger charge is 2.10. The van der Waals surface area contributed by atoms with Crippen molar-refractivity contribution in [2.24, 2.45) is 11.7 Å². The Bertz CT molecular complexity index is 507. The van der Waals surface area contributed by atoms with Crippen LogP contribution in [0.1, 0.15) is 50.0 Å². The van der Waals surface area contributed by atoms with E-state index in [-0.39, 0.29) is 6.04 Å². The standard InChI is InChI=1S/C16H23N3O/c1-12(2)8-10-15-18-16(20-19-15)11-9-14(17)13-6-4-3-5-7-13/h3-7,12,14H,8-11,17H2,1-2H3. The first-order chi connectivity index (χ1) is 9.65. The molecule has 0 fully saturated rings. The van der Waals surface area contributed by atoms with Crippen molar-refractivity contribution in [2.45, 2.75) is 45.6 Å². The lowest BCUT2D eigenvalue weighted by molar-refractivity contribution is 0.365. The number of aromatic nitrogens is 2. The largest absolute Gasteiger partial charge is 0.339 e. The molecular formula is C16H23N3O. The van der Waals surface area contributed by atoms with Gasteiger partial charge < -0.3 is 10.3 Å². The normalized spacial score (nSPS) is 12.8. The van der Waals surface area contributed by atoms with Crippen LogP contribution in [-0.4, -0.2) is 10.1 Å². The Kier molecular flexibility index (Phi) is 5.30. The Morgan fingerprint density at radius 1 is 1.10 bits per heavy atom. The molecule has 0 bridgehead atoms. The summed E-state index contributed by atoms with van der Waals surface area (Å²) in [5, 5.41) is 4.01. The van der Waals surface area contributed by atoms with Crippen LogP contribution in [0.4, 0.5) is 0 Å². The smallest absolute Gasteiger partial charge is 0.226 e. The Morgan fingerprint density at radius 2 is 1.85 bits per heavy atom. The van der Waals surface area contributed by atoms with E-state index in [9.17, 15) is 0 Å². The second-order valence-corrected chi connectivity index (χ2v) is 5.59. The van der Waals surface area contributed by atoms with Gasteiger partial charge in [0, 0.05) is 18.9 Å². The minimum absolute atomic E-state index is 0.0159. The number of hydrogen-bond acceptors (Lipinski definition) is 4. The van der Waals surface area contributed by atoms with Gasteiger partial charge in [0.25, 0.3) is 0 Å². The van der Waals surface area contributed by atoms with Gasteiger partial charge in [0.1, 0.15) is 0 Å². The Hall–Kier alpha value is -1.68. The molecule has 0 aliphatic heterocycles. The molecule has 1 unspecified atom stereocenters. The van der Waals surface area contributed by atoms with Gasteiger partial charge in [-0.15, -0.1) is 0 Å². The third-order valence-corrected chi connectivity index (χ3v) is 3.35. The van der Waals surface area contributed by atoms with E-state index in [4.69, 9.17) is 10.3 Å². The summed E-state index contributed by atoms with van der Waals surface area (Å²) >= 11 is 0. The van der Waals surface area contributed by atoms with Crippen LogP contribution in [0, 0.1) is 5.92 Å². The molecule has 0 radical (unpaired) electrons. The van der Waals surface area contributed by atoms with Crippen LogP contribution in [0.5, 0.6) is 0 Å². The first kappa shape index (κ1) is 14.7. The molecule has 4 heteroatoms. The van der Waals surface area contributed by atoms with Crippen LogP contribution in [0.15, 0.2) is 34.9 Å². The van der Waals surface area contributed by atoms with Gasteiger partial charge >= 0.3 is 0 Å². The predicted octanol–water partition coefficient (Wildman–Crippen LogP) is 3.29. The molecule has 0 saturated heterocycles. The van der Waals surface area contributed by atoms with Gasteiger partial charge in [0.05, 0.1) is 0 Å². The van der Waals surface area contributed by atoms with Crippen LogP contribution >= 0.6 is 0 Å². The quantitative estimate of drug-likeness (QED) is 0.840. The predicted molar refractivity (Wildman–Crippen MR) is 79.1 cm³/mol. The molecule has 0 aliphatic carbocycles. The summed E-state index contributed by atoms with van der Waals surface area (Å²) in [4.78, 5) is 4.41. The van der Waals surface area contributed by atoms with Gasteiger partial charge in [-0.3, -0.25) is 0 Å². The molecule has 0 spiro atoms. The third-order valence-electron chi connectivity index (χ3n) is 3.35. The van der Waals surface area contributed by atoms with Crippen molar-refractivity contribution >= 4 is 0 Å². The molecule has 4 nitrogen and oxygen atoms in total. The maximum atomic E-state index is 6.16. The Morgan fingerprint density at radius 3 is 2.55 bits per heavy atom. The number of nitrogens with zero attached hydrogens (tertiary/aromatic N) is 2. The molecule has 20 heavy (non-hydrogen) atoms. The van der Waals surface area contributed by atoms with Crippen molar-refractivity contribution in [3.8, 4) is 0 Å². The van der Waals surface area contributed by atoms with E-state index >= 15 is 0 Å². The highest BCUT2D eigenvalue weighted by atomic mass is 16.5. The molecule has 2 rings (SSSR count). The topological polar surface area (TPSA) is 64.9 Å². The minimum atomic E-state index is 0.0159. The van der Waals surface area contributed by atoms with Gasteiger partial charge in [0.2, 0.25) is 5.89 Å². The van der Waals surface area contributed by atoms with Gasteiger partial charge in [-0.25, -0.2) is 0 Å². The SMILES string of the molecule is CC(C)CCc1noc(CCC(N)c2ccccc2)n1. The summed E-state index contributed by atoms with van der Waals surface area (Å²) in [5.74, 6) is 2.15. The molecule has 108 valence electrons. The molecule has 2 N–H and O–H groups in total. The fourth-order valence-electron chi connectivity index (χ4n) is 2.06. The van der Waals surface area contributed by atoms with E-state index < -0.39 is 0 Å². The van der Waals surface area contributed by atoms with Crippen LogP contribution < -0.4 is 5.73 Å². The van der Waals surface area contributed by atoms with E-state index in [1.807, 2.05) is 30.3 Å². The molecule has 1 atom stereocenters. The zero-order chi connectivity index (χ0) is 14.4. The van der Waals surface area contributed by atoms with Crippen molar-refractivity contribution in [3.05, 3.63) is 47.6 Å². The number of rotatable bonds is 7. The lowest BCUT2D eigenvalue weighted by Gasteiger charge is -2.09. The number of benzene rings is 1. The summed E-state index contributed by atoms with van der Waals surface area (Å²) in [6.45, 7) is 4.39. The molecule has 1 aromatic heterocycles. The van der Waals surface area contributed by atoms with E-state index in [0.717, 1.165) is 37.1 Å². The number of hydrogen-bond donors (Lipinski definition) is 1. The van der Waals surface area contributed by atoms with E-state index in [2.05, 4.69) is 24.0 Å². The van der Waals surface area contributed by atoms with Gasteiger partial charge in [-0.1, -0.05) is 49.3 Å². The maximum Gasteiger partial charge on any atom is 0.226 e. The minimum Gasteiger partial charge on any atom is -0.339 e. The summed E-state index contributed by atoms with van der Waals surface area (Å²) in [6, 6.07) is 10.1. The molecule has 0 aliphatic rings. The fraction of sp³-hybridized carbons (Fsp3) is 0.500. The second kappa shape index (κ2) is 7.20. The average molecular weight is 273 g/mol. The molecule has 0 amide bonds.